The highest BCUT2D eigenvalue weighted by Gasteiger charge is 2.29. The van der Waals surface area contributed by atoms with Gasteiger partial charge < -0.3 is 9.64 Å². The van der Waals surface area contributed by atoms with Crippen molar-refractivity contribution in [3.63, 3.8) is 0 Å². The summed E-state index contributed by atoms with van der Waals surface area (Å²) in [5, 5.41) is 0. The van der Waals surface area contributed by atoms with Crippen LogP contribution in [0.2, 0.25) is 0 Å². The first kappa shape index (κ1) is 10.1. The highest BCUT2D eigenvalue weighted by atomic mass is 16.5. The zero-order chi connectivity index (χ0) is 9.84. The molecule has 0 aromatic carbocycles. The third-order valence-electron chi connectivity index (χ3n) is 2.25. The van der Waals surface area contributed by atoms with Gasteiger partial charge in [-0.05, 0) is 13.3 Å². The Bertz CT molecular complexity index is 232. The van der Waals surface area contributed by atoms with Crippen molar-refractivity contribution in [3.05, 3.63) is 0 Å². The van der Waals surface area contributed by atoms with Crippen molar-refractivity contribution < 1.29 is 9.53 Å². The molecule has 13 heavy (non-hydrogen) atoms. The standard InChI is InChI=1S/C10H15NO2/c1-4-5-11(3)10(12)9-6-8(2)13-7-9/h1,8-9H,5-7H2,2-3H3. The maximum absolute atomic E-state index is 11.6. The summed E-state index contributed by atoms with van der Waals surface area (Å²) >= 11 is 0. The molecule has 0 spiro atoms. The number of carbonyl (C=O) groups excluding carboxylic acids is 1. The summed E-state index contributed by atoms with van der Waals surface area (Å²) in [5.41, 5.74) is 0. The molecule has 1 rings (SSSR count). The van der Waals surface area contributed by atoms with Gasteiger partial charge in [-0.3, -0.25) is 4.79 Å². The second-order valence-electron chi connectivity index (χ2n) is 3.48. The van der Waals surface area contributed by atoms with E-state index in [2.05, 4.69) is 5.92 Å². The van der Waals surface area contributed by atoms with Crippen molar-refractivity contribution in [2.24, 2.45) is 5.92 Å². The second-order valence-corrected chi connectivity index (χ2v) is 3.48. The van der Waals surface area contributed by atoms with Crippen molar-refractivity contribution >= 4 is 5.91 Å². The van der Waals surface area contributed by atoms with Crippen LogP contribution in [0.4, 0.5) is 0 Å². The second kappa shape index (κ2) is 4.29. The minimum absolute atomic E-state index is 0.00773. The number of nitrogens with zero attached hydrogens (tertiary/aromatic N) is 1. The van der Waals surface area contributed by atoms with Gasteiger partial charge in [-0.1, -0.05) is 5.92 Å². The van der Waals surface area contributed by atoms with Crippen LogP contribution in [0.3, 0.4) is 0 Å². The van der Waals surface area contributed by atoms with Crippen molar-refractivity contribution in [2.75, 3.05) is 20.2 Å². The zero-order valence-corrected chi connectivity index (χ0v) is 8.12. The molecule has 72 valence electrons. The van der Waals surface area contributed by atoms with Crippen LogP contribution < -0.4 is 0 Å². The molecular formula is C10H15NO2. The van der Waals surface area contributed by atoms with Crippen LogP contribution in [0.5, 0.6) is 0 Å². The summed E-state index contributed by atoms with van der Waals surface area (Å²) in [4.78, 5) is 13.2. The van der Waals surface area contributed by atoms with Crippen LogP contribution in [-0.2, 0) is 9.53 Å². The normalized spacial score (nSPS) is 26.8. The Hall–Kier alpha value is -1.01. The molecule has 1 aliphatic heterocycles. The van der Waals surface area contributed by atoms with Gasteiger partial charge in [-0.2, -0.15) is 0 Å². The van der Waals surface area contributed by atoms with E-state index in [0.717, 1.165) is 6.42 Å². The predicted molar refractivity (Wildman–Crippen MR) is 50.0 cm³/mol. The Morgan fingerprint density at radius 2 is 2.46 bits per heavy atom. The summed E-state index contributed by atoms with van der Waals surface area (Å²) in [6.45, 7) is 2.90. The molecule has 0 aliphatic carbocycles. The van der Waals surface area contributed by atoms with Gasteiger partial charge in [0.2, 0.25) is 5.91 Å². The molecule has 1 fully saturated rings. The molecule has 0 aromatic heterocycles. The van der Waals surface area contributed by atoms with Crippen molar-refractivity contribution in [1.29, 1.82) is 0 Å². The molecule has 3 heteroatoms. The molecular weight excluding hydrogens is 166 g/mol. The fourth-order valence-electron chi connectivity index (χ4n) is 1.52. The average molecular weight is 181 g/mol. The van der Waals surface area contributed by atoms with Gasteiger partial charge in [0, 0.05) is 7.05 Å². The van der Waals surface area contributed by atoms with E-state index in [-0.39, 0.29) is 17.9 Å². The first-order valence-electron chi connectivity index (χ1n) is 4.45. The number of hydrogen-bond acceptors (Lipinski definition) is 2. The first-order valence-corrected chi connectivity index (χ1v) is 4.45. The maximum Gasteiger partial charge on any atom is 0.228 e. The molecule has 1 saturated heterocycles. The molecule has 1 heterocycles. The van der Waals surface area contributed by atoms with E-state index in [4.69, 9.17) is 11.2 Å². The lowest BCUT2D eigenvalue weighted by molar-refractivity contribution is -0.133. The fourth-order valence-corrected chi connectivity index (χ4v) is 1.52. The fraction of sp³-hybridized carbons (Fsp3) is 0.700. The van der Waals surface area contributed by atoms with E-state index in [1.807, 2.05) is 6.92 Å². The number of amides is 1. The van der Waals surface area contributed by atoms with Gasteiger partial charge in [0.05, 0.1) is 25.2 Å². The molecule has 3 nitrogen and oxygen atoms in total. The van der Waals surface area contributed by atoms with E-state index in [9.17, 15) is 4.79 Å². The number of rotatable bonds is 2. The molecule has 0 aromatic rings. The van der Waals surface area contributed by atoms with E-state index in [1.165, 1.54) is 0 Å². The molecule has 2 atom stereocenters. The molecule has 0 N–H and O–H groups in total. The van der Waals surface area contributed by atoms with Gasteiger partial charge in [0.1, 0.15) is 0 Å². The van der Waals surface area contributed by atoms with E-state index < -0.39 is 0 Å². The Kier molecular flexibility index (Phi) is 3.32. The minimum Gasteiger partial charge on any atom is -0.378 e. The highest BCUT2D eigenvalue weighted by Crippen LogP contribution is 2.20. The van der Waals surface area contributed by atoms with E-state index in [1.54, 1.807) is 11.9 Å². The van der Waals surface area contributed by atoms with Crippen LogP contribution >= 0.6 is 0 Å². The van der Waals surface area contributed by atoms with Gasteiger partial charge in [-0.25, -0.2) is 0 Å². The quantitative estimate of drug-likeness (QED) is 0.581. The lowest BCUT2D eigenvalue weighted by Crippen LogP contribution is -2.33. The SMILES string of the molecule is C#CCN(C)C(=O)C1COC(C)C1. The smallest absolute Gasteiger partial charge is 0.228 e. The highest BCUT2D eigenvalue weighted by molar-refractivity contribution is 5.79. The van der Waals surface area contributed by atoms with Gasteiger partial charge >= 0.3 is 0 Å². The number of hydrogen-bond donors (Lipinski definition) is 0. The monoisotopic (exact) mass is 181 g/mol. The summed E-state index contributed by atoms with van der Waals surface area (Å²) in [6, 6.07) is 0. The molecule has 1 amide bonds. The summed E-state index contributed by atoms with van der Waals surface area (Å²) in [5.74, 6) is 2.55. The van der Waals surface area contributed by atoms with Crippen LogP contribution in [0.1, 0.15) is 13.3 Å². The van der Waals surface area contributed by atoms with Crippen LogP contribution in [-0.4, -0.2) is 37.1 Å². The Labute approximate surface area is 79.1 Å². The number of carbonyl (C=O) groups is 1. The number of terminal acetylenes is 1. The topological polar surface area (TPSA) is 29.5 Å². The minimum atomic E-state index is 0.00773. The summed E-state index contributed by atoms with van der Waals surface area (Å²) in [7, 11) is 1.73. The zero-order valence-electron chi connectivity index (χ0n) is 8.12. The van der Waals surface area contributed by atoms with Crippen LogP contribution in [0.15, 0.2) is 0 Å². The Morgan fingerprint density at radius 3 is 2.92 bits per heavy atom. The number of ether oxygens (including phenoxy) is 1. The summed E-state index contributed by atoms with van der Waals surface area (Å²) < 4.78 is 5.32. The third kappa shape index (κ3) is 2.46. The first-order chi connectivity index (χ1) is 6.15. The van der Waals surface area contributed by atoms with Gasteiger partial charge in [-0.15, -0.1) is 6.42 Å². The van der Waals surface area contributed by atoms with E-state index in [0.29, 0.717) is 13.2 Å². The molecule has 0 radical (unpaired) electrons. The van der Waals surface area contributed by atoms with Crippen LogP contribution in [0.25, 0.3) is 0 Å². The molecule has 0 saturated carbocycles. The van der Waals surface area contributed by atoms with E-state index >= 15 is 0 Å². The predicted octanol–water partition coefficient (Wildman–Crippen LogP) is 0.503. The average Bonchev–Trinajstić information content (AvgIpc) is 2.51. The third-order valence-corrected chi connectivity index (χ3v) is 2.25. The maximum atomic E-state index is 11.6. The molecule has 0 bridgehead atoms. The largest absolute Gasteiger partial charge is 0.378 e. The van der Waals surface area contributed by atoms with Crippen molar-refractivity contribution in [2.45, 2.75) is 19.4 Å². The lowest BCUT2D eigenvalue weighted by atomic mass is 10.1. The molecule has 1 aliphatic rings. The van der Waals surface area contributed by atoms with Gasteiger partial charge in [0.15, 0.2) is 0 Å². The lowest BCUT2D eigenvalue weighted by Gasteiger charge is -2.17. The Balaban J connectivity index is 2.44. The Morgan fingerprint density at radius 1 is 1.77 bits per heavy atom. The van der Waals surface area contributed by atoms with Gasteiger partial charge in [0.25, 0.3) is 0 Å². The van der Waals surface area contributed by atoms with Crippen molar-refractivity contribution in [1.82, 2.24) is 4.90 Å². The summed E-state index contributed by atoms with van der Waals surface area (Å²) in [6.07, 6.45) is 6.13. The van der Waals surface area contributed by atoms with Crippen molar-refractivity contribution in [3.8, 4) is 12.3 Å². The van der Waals surface area contributed by atoms with Crippen LogP contribution in [0, 0.1) is 18.3 Å². The molecule has 2 unspecified atom stereocenters.